The SMILES string of the molecule is OCCC#CCC(O)(Cn1cncn1)C1(Cl)CC1. The second-order valence-corrected chi connectivity index (χ2v) is 5.32. The Morgan fingerprint density at radius 1 is 1.44 bits per heavy atom. The molecule has 0 aromatic carbocycles. The summed E-state index contributed by atoms with van der Waals surface area (Å²) in [6, 6.07) is 0. The third-order valence-corrected chi connectivity index (χ3v) is 3.89. The van der Waals surface area contributed by atoms with E-state index in [1.165, 1.54) is 6.33 Å². The topological polar surface area (TPSA) is 71.2 Å². The van der Waals surface area contributed by atoms with Crippen molar-refractivity contribution >= 4 is 11.6 Å². The van der Waals surface area contributed by atoms with Gasteiger partial charge in [0.05, 0.1) is 18.0 Å². The zero-order valence-corrected chi connectivity index (χ0v) is 10.8. The first-order chi connectivity index (χ1) is 8.60. The van der Waals surface area contributed by atoms with Crippen molar-refractivity contribution in [2.45, 2.75) is 42.7 Å². The highest BCUT2D eigenvalue weighted by atomic mass is 35.5. The molecule has 1 aromatic heterocycles. The van der Waals surface area contributed by atoms with Crippen molar-refractivity contribution < 1.29 is 10.2 Å². The second kappa shape index (κ2) is 5.27. The number of aromatic nitrogens is 3. The third-order valence-electron chi connectivity index (χ3n) is 3.16. The van der Waals surface area contributed by atoms with Gasteiger partial charge in [0.15, 0.2) is 0 Å². The van der Waals surface area contributed by atoms with Gasteiger partial charge in [0.25, 0.3) is 0 Å². The molecule has 0 aliphatic heterocycles. The Labute approximate surface area is 111 Å². The highest BCUT2D eigenvalue weighted by Crippen LogP contribution is 2.52. The fourth-order valence-corrected chi connectivity index (χ4v) is 2.09. The summed E-state index contributed by atoms with van der Waals surface area (Å²) in [5, 5.41) is 23.3. The number of hydrogen-bond donors (Lipinski definition) is 2. The van der Waals surface area contributed by atoms with Crippen LogP contribution in [0.2, 0.25) is 0 Å². The van der Waals surface area contributed by atoms with E-state index in [0.29, 0.717) is 6.42 Å². The monoisotopic (exact) mass is 269 g/mol. The van der Waals surface area contributed by atoms with Gasteiger partial charge < -0.3 is 10.2 Å². The lowest BCUT2D eigenvalue weighted by Gasteiger charge is -2.30. The van der Waals surface area contributed by atoms with Crippen LogP contribution >= 0.6 is 11.6 Å². The zero-order chi connectivity index (χ0) is 13.1. The van der Waals surface area contributed by atoms with Crippen LogP contribution < -0.4 is 0 Å². The molecule has 1 aliphatic rings. The van der Waals surface area contributed by atoms with E-state index in [4.69, 9.17) is 16.7 Å². The molecular formula is C12H16ClN3O2. The van der Waals surface area contributed by atoms with Crippen molar-refractivity contribution in [1.82, 2.24) is 14.8 Å². The first-order valence-electron chi connectivity index (χ1n) is 5.90. The van der Waals surface area contributed by atoms with Crippen molar-refractivity contribution in [1.29, 1.82) is 0 Å². The Kier molecular flexibility index (Phi) is 3.91. The van der Waals surface area contributed by atoms with Crippen LogP contribution in [0.4, 0.5) is 0 Å². The molecule has 0 saturated heterocycles. The van der Waals surface area contributed by atoms with Crippen LogP contribution in [0, 0.1) is 11.8 Å². The van der Waals surface area contributed by atoms with Gasteiger partial charge in [0, 0.05) is 12.8 Å². The average Bonchev–Trinajstić information content (AvgIpc) is 2.91. The molecular weight excluding hydrogens is 254 g/mol. The molecule has 1 aliphatic carbocycles. The molecule has 5 nitrogen and oxygen atoms in total. The number of hydrogen-bond acceptors (Lipinski definition) is 4. The second-order valence-electron chi connectivity index (χ2n) is 4.59. The van der Waals surface area contributed by atoms with Crippen LogP contribution in [0.3, 0.4) is 0 Å². The van der Waals surface area contributed by atoms with Gasteiger partial charge >= 0.3 is 0 Å². The Hall–Kier alpha value is -1.09. The number of alkyl halides is 1. The van der Waals surface area contributed by atoms with E-state index in [1.807, 2.05) is 0 Å². The normalized spacial score (nSPS) is 19.7. The minimum absolute atomic E-state index is 0.0283. The van der Waals surface area contributed by atoms with Gasteiger partial charge in [0.1, 0.15) is 18.3 Å². The molecule has 0 radical (unpaired) electrons. The van der Waals surface area contributed by atoms with Crippen LogP contribution in [0.1, 0.15) is 25.7 Å². The summed E-state index contributed by atoms with van der Waals surface area (Å²) in [5.74, 6) is 5.69. The average molecular weight is 270 g/mol. The van der Waals surface area contributed by atoms with E-state index in [9.17, 15) is 5.11 Å². The van der Waals surface area contributed by atoms with E-state index in [2.05, 4.69) is 21.9 Å². The van der Waals surface area contributed by atoms with Crippen LogP contribution in [0.5, 0.6) is 0 Å². The molecule has 18 heavy (non-hydrogen) atoms. The molecule has 0 bridgehead atoms. The fourth-order valence-electron chi connectivity index (χ4n) is 1.87. The van der Waals surface area contributed by atoms with Crippen LogP contribution in [0.25, 0.3) is 0 Å². The minimum atomic E-state index is -1.11. The highest BCUT2D eigenvalue weighted by molar-refractivity contribution is 6.26. The highest BCUT2D eigenvalue weighted by Gasteiger charge is 2.57. The number of aliphatic hydroxyl groups is 2. The van der Waals surface area contributed by atoms with E-state index in [1.54, 1.807) is 11.0 Å². The van der Waals surface area contributed by atoms with Crippen molar-refractivity contribution in [3.63, 3.8) is 0 Å². The van der Waals surface area contributed by atoms with Gasteiger partial charge in [-0.2, -0.15) is 5.10 Å². The summed E-state index contributed by atoms with van der Waals surface area (Å²) in [5.41, 5.74) is -1.11. The molecule has 0 spiro atoms. The number of nitrogens with zero attached hydrogens (tertiary/aromatic N) is 3. The maximum absolute atomic E-state index is 10.7. The lowest BCUT2D eigenvalue weighted by Crippen LogP contribution is -2.44. The Morgan fingerprint density at radius 3 is 2.78 bits per heavy atom. The van der Waals surface area contributed by atoms with Crippen molar-refractivity contribution in [2.24, 2.45) is 0 Å². The van der Waals surface area contributed by atoms with Crippen molar-refractivity contribution in [3.05, 3.63) is 12.7 Å². The molecule has 2 rings (SSSR count). The van der Waals surface area contributed by atoms with Crippen molar-refractivity contribution in [3.8, 4) is 11.8 Å². The van der Waals surface area contributed by atoms with Gasteiger partial charge in [-0.3, -0.25) is 0 Å². The lowest BCUT2D eigenvalue weighted by molar-refractivity contribution is 0.0122. The first-order valence-corrected chi connectivity index (χ1v) is 6.28. The van der Waals surface area contributed by atoms with Crippen LogP contribution in [0.15, 0.2) is 12.7 Å². The van der Waals surface area contributed by atoms with Gasteiger partial charge in [-0.05, 0) is 12.8 Å². The first kappa shape index (κ1) is 13.3. The van der Waals surface area contributed by atoms with Gasteiger partial charge in [0.2, 0.25) is 0 Å². The van der Waals surface area contributed by atoms with Crippen LogP contribution in [-0.4, -0.2) is 42.1 Å². The molecule has 98 valence electrons. The predicted octanol–water partition coefficient (Wildman–Crippen LogP) is 0.556. The van der Waals surface area contributed by atoms with E-state index >= 15 is 0 Å². The van der Waals surface area contributed by atoms with Gasteiger partial charge in [-0.1, -0.05) is 0 Å². The molecule has 0 amide bonds. The summed E-state index contributed by atoms with van der Waals surface area (Å²) in [4.78, 5) is 3.24. The number of aliphatic hydroxyl groups excluding tert-OH is 1. The summed E-state index contributed by atoms with van der Waals surface area (Å²) in [7, 11) is 0. The minimum Gasteiger partial charge on any atom is -0.395 e. The molecule has 2 N–H and O–H groups in total. The summed E-state index contributed by atoms with van der Waals surface area (Å²) in [6.45, 7) is 0.310. The summed E-state index contributed by atoms with van der Waals surface area (Å²) >= 11 is 6.35. The Bertz CT molecular complexity index is 448. The molecule has 1 heterocycles. The Morgan fingerprint density at radius 2 is 2.22 bits per heavy atom. The molecule has 1 aromatic rings. The van der Waals surface area contributed by atoms with Crippen LogP contribution in [-0.2, 0) is 6.54 Å². The largest absolute Gasteiger partial charge is 0.395 e. The van der Waals surface area contributed by atoms with Gasteiger partial charge in [-0.15, -0.1) is 23.4 Å². The van der Waals surface area contributed by atoms with E-state index < -0.39 is 10.5 Å². The lowest BCUT2D eigenvalue weighted by atomic mass is 9.93. The maximum Gasteiger partial charge on any atom is 0.137 e. The standard InChI is InChI=1S/C12H16ClN3O2/c13-11(5-6-11)12(18,4-2-1-3-7-17)8-16-10-14-9-15-16/h9-10,17-18H,3-8H2. The quantitative estimate of drug-likeness (QED) is 0.605. The Balaban J connectivity index is 2.07. The number of halogens is 1. The fraction of sp³-hybridized carbons (Fsp3) is 0.667. The molecule has 1 saturated carbocycles. The predicted molar refractivity (Wildman–Crippen MR) is 66.9 cm³/mol. The van der Waals surface area contributed by atoms with Gasteiger partial charge in [-0.25, -0.2) is 9.67 Å². The zero-order valence-electron chi connectivity index (χ0n) is 10.0. The molecule has 1 atom stereocenters. The van der Waals surface area contributed by atoms with E-state index in [-0.39, 0.29) is 19.6 Å². The molecule has 6 heteroatoms. The molecule has 1 unspecified atom stereocenters. The molecule has 1 fully saturated rings. The third kappa shape index (κ3) is 2.83. The van der Waals surface area contributed by atoms with E-state index in [0.717, 1.165) is 12.8 Å². The number of rotatable bonds is 5. The summed E-state index contributed by atoms with van der Waals surface area (Å²) in [6.07, 6.45) is 5.22. The summed E-state index contributed by atoms with van der Waals surface area (Å²) < 4.78 is 1.57. The smallest absolute Gasteiger partial charge is 0.137 e. The van der Waals surface area contributed by atoms with Crippen molar-refractivity contribution in [2.75, 3.05) is 6.61 Å². The maximum atomic E-state index is 10.7.